The molecule has 1 aromatic carbocycles. The van der Waals surface area contributed by atoms with Gasteiger partial charge >= 0.3 is 0 Å². The number of nitrogens with zero attached hydrogens (tertiary/aromatic N) is 1. The van der Waals surface area contributed by atoms with Gasteiger partial charge in [-0.15, -0.1) is 0 Å². The van der Waals surface area contributed by atoms with E-state index in [4.69, 9.17) is 0 Å². The van der Waals surface area contributed by atoms with Crippen molar-refractivity contribution in [3.8, 4) is 5.75 Å². The van der Waals surface area contributed by atoms with Crippen molar-refractivity contribution in [2.24, 2.45) is 11.8 Å². The van der Waals surface area contributed by atoms with Crippen molar-refractivity contribution >= 4 is 17.5 Å². The van der Waals surface area contributed by atoms with Crippen LogP contribution in [0, 0.1) is 11.8 Å². The van der Waals surface area contributed by atoms with E-state index < -0.39 is 0 Å². The molecule has 0 saturated carbocycles. The van der Waals surface area contributed by atoms with Crippen LogP contribution in [-0.4, -0.2) is 16.9 Å². The van der Waals surface area contributed by atoms with Gasteiger partial charge in [-0.25, -0.2) is 0 Å². The average Bonchev–Trinajstić information content (AvgIpc) is 2.63. The Morgan fingerprint density at radius 2 is 1.74 bits per heavy atom. The number of amides is 2. The highest BCUT2D eigenvalue weighted by Crippen LogP contribution is 2.39. The van der Waals surface area contributed by atoms with E-state index >= 15 is 0 Å². The first kappa shape index (κ1) is 12.0. The molecule has 1 fully saturated rings. The molecule has 1 aliphatic carbocycles. The number of phenols is 1. The predicted octanol–water partition coefficient (Wildman–Crippen LogP) is 2.24. The van der Waals surface area contributed by atoms with E-state index in [1.54, 1.807) is 12.1 Å². The number of rotatable bonds is 1. The largest absolute Gasteiger partial charge is 0.508 e. The minimum Gasteiger partial charge on any atom is -0.508 e. The highest BCUT2D eigenvalue weighted by atomic mass is 16.3. The van der Waals surface area contributed by atoms with E-state index in [0.717, 1.165) is 0 Å². The van der Waals surface area contributed by atoms with Gasteiger partial charge in [0.15, 0.2) is 0 Å². The zero-order valence-electron chi connectivity index (χ0n) is 10.7. The molecule has 0 aromatic heterocycles. The Kier molecular flexibility index (Phi) is 2.66. The number of phenolic OH excluding ortho intramolecular Hbond substituents is 1. The van der Waals surface area contributed by atoms with Crippen molar-refractivity contribution in [3.05, 3.63) is 35.9 Å². The normalized spacial score (nSPS) is 26.4. The Labute approximate surface area is 111 Å². The molecular weight excluding hydrogens is 242 g/mol. The molecule has 0 unspecified atom stereocenters. The van der Waals surface area contributed by atoms with Crippen LogP contribution < -0.4 is 4.90 Å². The van der Waals surface area contributed by atoms with Gasteiger partial charge in [0, 0.05) is 0 Å². The maximum atomic E-state index is 12.4. The lowest BCUT2D eigenvalue weighted by molar-refractivity contribution is -0.122. The molecule has 4 nitrogen and oxygen atoms in total. The maximum Gasteiger partial charge on any atom is 0.238 e. The zero-order chi connectivity index (χ0) is 13.6. The molecule has 98 valence electrons. The summed E-state index contributed by atoms with van der Waals surface area (Å²) in [5.41, 5.74) is 1.72. The number of benzene rings is 1. The third-order valence-corrected chi connectivity index (χ3v) is 3.93. The van der Waals surface area contributed by atoms with Crippen LogP contribution in [0.4, 0.5) is 5.69 Å². The smallest absolute Gasteiger partial charge is 0.238 e. The zero-order valence-corrected chi connectivity index (χ0v) is 10.7. The molecule has 0 bridgehead atoms. The van der Waals surface area contributed by atoms with Gasteiger partial charge in [-0.1, -0.05) is 11.6 Å². The van der Waals surface area contributed by atoms with Gasteiger partial charge in [0.05, 0.1) is 17.5 Å². The lowest BCUT2D eigenvalue weighted by Gasteiger charge is -2.18. The van der Waals surface area contributed by atoms with Gasteiger partial charge < -0.3 is 5.11 Å². The number of imide groups is 1. The molecule has 19 heavy (non-hydrogen) atoms. The molecule has 1 heterocycles. The van der Waals surface area contributed by atoms with Gasteiger partial charge in [0.2, 0.25) is 11.8 Å². The fraction of sp³-hybridized carbons (Fsp3) is 0.333. The molecule has 2 amide bonds. The summed E-state index contributed by atoms with van der Waals surface area (Å²) in [5.74, 6) is -0.549. The number of aromatic hydroxyl groups is 1. The van der Waals surface area contributed by atoms with Crippen LogP contribution in [-0.2, 0) is 9.59 Å². The van der Waals surface area contributed by atoms with E-state index in [1.807, 2.05) is 13.0 Å². The summed E-state index contributed by atoms with van der Waals surface area (Å²) in [5, 5.41) is 9.28. The first-order valence-corrected chi connectivity index (χ1v) is 6.40. The number of anilines is 1. The summed E-state index contributed by atoms with van der Waals surface area (Å²) in [6.45, 7) is 2.00. The number of hydrogen-bond acceptors (Lipinski definition) is 3. The third kappa shape index (κ3) is 1.84. The topological polar surface area (TPSA) is 57.6 Å². The van der Waals surface area contributed by atoms with Crippen molar-refractivity contribution in [3.63, 3.8) is 0 Å². The fourth-order valence-electron chi connectivity index (χ4n) is 2.89. The highest BCUT2D eigenvalue weighted by molar-refractivity contribution is 6.22. The highest BCUT2D eigenvalue weighted by Gasteiger charge is 2.48. The number of carbonyl (C=O) groups is 2. The van der Waals surface area contributed by atoms with E-state index in [1.165, 1.54) is 22.6 Å². The lowest BCUT2D eigenvalue weighted by atomic mass is 9.82. The second-order valence-electron chi connectivity index (χ2n) is 5.23. The Balaban J connectivity index is 1.95. The molecule has 1 saturated heterocycles. The van der Waals surface area contributed by atoms with Crippen LogP contribution in [0.3, 0.4) is 0 Å². The summed E-state index contributed by atoms with van der Waals surface area (Å²) in [7, 11) is 0. The Morgan fingerprint density at radius 1 is 1.11 bits per heavy atom. The summed E-state index contributed by atoms with van der Waals surface area (Å²) in [6, 6.07) is 6.17. The van der Waals surface area contributed by atoms with Crippen LogP contribution in [0.25, 0.3) is 0 Å². The quantitative estimate of drug-likeness (QED) is 0.620. The van der Waals surface area contributed by atoms with E-state index in [2.05, 4.69) is 0 Å². The van der Waals surface area contributed by atoms with Crippen molar-refractivity contribution in [2.45, 2.75) is 19.8 Å². The molecule has 1 aromatic rings. The van der Waals surface area contributed by atoms with Gasteiger partial charge in [-0.2, -0.15) is 0 Å². The number of fused-ring (bicyclic) bond motifs is 1. The molecule has 0 radical (unpaired) electrons. The summed E-state index contributed by atoms with van der Waals surface area (Å²) < 4.78 is 0. The van der Waals surface area contributed by atoms with E-state index in [9.17, 15) is 14.7 Å². The second-order valence-corrected chi connectivity index (χ2v) is 5.23. The molecule has 1 aliphatic heterocycles. The van der Waals surface area contributed by atoms with Crippen LogP contribution in [0.15, 0.2) is 35.9 Å². The van der Waals surface area contributed by atoms with Gasteiger partial charge in [0.25, 0.3) is 0 Å². The molecule has 1 N–H and O–H groups in total. The maximum absolute atomic E-state index is 12.4. The van der Waals surface area contributed by atoms with Crippen LogP contribution >= 0.6 is 0 Å². The first-order chi connectivity index (χ1) is 9.08. The van der Waals surface area contributed by atoms with Crippen molar-refractivity contribution < 1.29 is 14.7 Å². The van der Waals surface area contributed by atoms with Crippen molar-refractivity contribution in [2.75, 3.05) is 4.90 Å². The van der Waals surface area contributed by atoms with Crippen molar-refractivity contribution in [1.82, 2.24) is 0 Å². The van der Waals surface area contributed by atoms with E-state index in [-0.39, 0.29) is 29.4 Å². The Morgan fingerprint density at radius 3 is 2.42 bits per heavy atom. The summed E-state index contributed by atoms with van der Waals surface area (Å²) >= 11 is 0. The standard InChI is InChI=1S/C15H15NO3/c1-9-2-7-12-13(8-9)15(19)16(14(12)18)10-3-5-11(17)6-4-10/h2-6,12-13,17H,7-8H2,1H3/t12-,13+/m1/s1. The van der Waals surface area contributed by atoms with Gasteiger partial charge in [0.1, 0.15) is 5.75 Å². The number of carbonyl (C=O) groups excluding carboxylic acids is 2. The predicted molar refractivity (Wildman–Crippen MR) is 70.6 cm³/mol. The fourth-order valence-corrected chi connectivity index (χ4v) is 2.89. The molecule has 0 spiro atoms. The average molecular weight is 257 g/mol. The number of hydrogen-bond donors (Lipinski definition) is 1. The Bertz CT molecular complexity index is 574. The molecule has 3 rings (SSSR count). The molecule has 4 heteroatoms. The SMILES string of the molecule is CC1=CC[C@H]2C(=O)N(c3ccc(O)cc3)C(=O)[C@H]2C1. The van der Waals surface area contributed by atoms with Crippen LogP contribution in [0.1, 0.15) is 19.8 Å². The van der Waals surface area contributed by atoms with Crippen molar-refractivity contribution in [1.29, 1.82) is 0 Å². The summed E-state index contributed by atoms with van der Waals surface area (Å²) in [4.78, 5) is 26.0. The van der Waals surface area contributed by atoms with Gasteiger partial charge in [-0.3, -0.25) is 14.5 Å². The molecular formula is C15H15NO3. The Hall–Kier alpha value is -2.10. The first-order valence-electron chi connectivity index (χ1n) is 6.40. The minimum atomic E-state index is -0.218. The third-order valence-electron chi connectivity index (χ3n) is 3.93. The van der Waals surface area contributed by atoms with E-state index in [0.29, 0.717) is 18.5 Å². The molecule has 2 aliphatic rings. The monoisotopic (exact) mass is 257 g/mol. The number of allylic oxidation sites excluding steroid dienone is 2. The minimum absolute atomic E-state index is 0.117. The lowest BCUT2D eigenvalue weighted by Crippen LogP contribution is -2.30. The van der Waals surface area contributed by atoms with Crippen LogP contribution in [0.2, 0.25) is 0 Å². The second kappa shape index (κ2) is 4.23. The van der Waals surface area contributed by atoms with Gasteiger partial charge in [-0.05, 0) is 44.0 Å². The summed E-state index contributed by atoms with van der Waals surface area (Å²) in [6.07, 6.45) is 3.37. The van der Waals surface area contributed by atoms with Crippen LogP contribution in [0.5, 0.6) is 5.75 Å². The molecule has 2 atom stereocenters.